The van der Waals surface area contributed by atoms with Gasteiger partial charge in [-0.1, -0.05) is 23.4 Å². The molecule has 0 bridgehead atoms. The van der Waals surface area contributed by atoms with Crippen LogP contribution in [-0.4, -0.2) is 38.4 Å². The predicted octanol–water partition coefficient (Wildman–Crippen LogP) is 1.46. The summed E-state index contributed by atoms with van der Waals surface area (Å²) in [6.45, 7) is 3.55. The Balaban J connectivity index is 2.88. The van der Waals surface area contributed by atoms with E-state index >= 15 is 0 Å². The van der Waals surface area contributed by atoms with Gasteiger partial charge in [0.05, 0.1) is 11.9 Å². The maximum absolute atomic E-state index is 12.2. The van der Waals surface area contributed by atoms with E-state index in [0.717, 1.165) is 17.4 Å². The van der Waals surface area contributed by atoms with Crippen LogP contribution in [0.3, 0.4) is 0 Å². The number of quaternary nitrogens is 1. The van der Waals surface area contributed by atoms with E-state index in [2.05, 4.69) is 4.98 Å². The topological polar surface area (TPSA) is 90.7 Å². The number of thioether (sulfide) groups is 1. The maximum Gasteiger partial charge on any atom is 0.237 e. The third-order valence-corrected chi connectivity index (χ3v) is 3.64. The van der Waals surface area contributed by atoms with E-state index in [1.165, 1.54) is 11.8 Å². The van der Waals surface area contributed by atoms with Crippen LogP contribution in [0.5, 0.6) is 0 Å². The fourth-order valence-corrected chi connectivity index (χ4v) is 2.30. The highest BCUT2D eigenvalue weighted by molar-refractivity contribution is 8.14. The normalized spacial score (nSPS) is 11.1. The van der Waals surface area contributed by atoms with Gasteiger partial charge in [-0.15, -0.1) is 0 Å². The molecule has 0 fully saturated rings. The van der Waals surface area contributed by atoms with Gasteiger partial charge in [0.1, 0.15) is 17.1 Å². The van der Waals surface area contributed by atoms with E-state index in [-0.39, 0.29) is 21.9 Å². The second-order valence-corrected chi connectivity index (χ2v) is 5.77. The predicted molar refractivity (Wildman–Crippen MR) is 88.0 cm³/mol. The van der Waals surface area contributed by atoms with Gasteiger partial charge in [-0.2, -0.15) is 0 Å². The van der Waals surface area contributed by atoms with E-state index in [1.807, 2.05) is 6.07 Å². The monoisotopic (exact) mass is 341 g/mol. The number of amides is 1. The molecule has 0 aromatic carbocycles. The second-order valence-electron chi connectivity index (χ2n) is 4.24. The molecule has 8 heteroatoms. The SMILES string of the molecule is CCN(C(=O)CSC(C)=O)C(=C[NH2+]c1cccnc1)C(=N)Cl. The quantitative estimate of drug-likeness (QED) is 0.735. The highest BCUT2D eigenvalue weighted by atomic mass is 35.5. The van der Waals surface area contributed by atoms with Crippen molar-refractivity contribution >= 4 is 45.2 Å². The molecule has 22 heavy (non-hydrogen) atoms. The fraction of sp³-hybridized carbons (Fsp3) is 0.286. The fourth-order valence-electron chi connectivity index (χ4n) is 1.65. The second kappa shape index (κ2) is 9.34. The Labute approximate surface area is 138 Å². The van der Waals surface area contributed by atoms with Crippen LogP contribution in [0, 0.1) is 5.41 Å². The molecule has 1 aromatic heterocycles. The molecule has 1 rings (SSSR count). The van der Waals surface area contributed by atoms with Gasteiger partial charge in [-0.25, -0.2) is 0 Å². The van der Waals surface area contributed by atoms with Crippen LogP contribution in [0.2, 0.25) is 0 Å². The zero-order valence-electron chi connectivity index (χ0n) is 12.4. The zero-order valence-corrected chi connectivity index (χ0v) is 13.9. The number of allylic oxidation sites excluding steroid dienone is 1. The van der Waals surface area contributed by atoms with Crippen molar-refractivity contribution in [3.63, 3.8) is 0 Å². The number of halogens is 1. The van der Waals surface area contributed by atoms with Crippen molar-refractivity contribution in [1.82, 2.24) is 9.88 Å². The van der Waals surface area contributed by atoms with Crippen molar-refractivity contribution in [1.29, 1.82) is 5.41 Å². The molecule has 1 heterocycles. The first-order chi connectivity index (χ1) is 10.5. The van der Waals surface area contributed by atoms with Crippen LogP contribution in [0.4, 0.5) is 5.69 Å². The lowest BCUT2D eigenvalue weighted by atomic mass is 10.3. The molecule has 0 aliphatic carbocycles. The molecule has 1 amide bonds. The Hall–Kier alpha value is -1.70. The van der Waals surface area contributed by atoms with Crippen LogP contribution in [0.1, 0.15) is 13.8 Å². The molecular formula is C14H18ClN4O2S+. The molecular weight excluding hydrogens is 324 g/mol. The van der Waals surface area contributed by atoms with Crippen molar-refractivity contribution in [2.24, 2.45) is 0 Å². The Morgan fingerprint density at radius 3 is 2.77 bits per heavy atom. The number of aromatic nitrogens is 1. The minimum Gasteiger partial charge on any atom is -0.305 e. The average Bonchev–Trinajstić information content (AvgIpc) is 2.49. The first-order valence-electron chi connectivity index (χ1n) is 6.59. The smallest absolute Gasteiger partial charge is 0.237 e. The molecule has 0 spiro atoms. The van der Waals surface area contributed by atoms with E-state index in [9.17, 15) is 9.59 Å². The standard InChI is InChI=1S/C14H17ClN4O2S/c1-3-19(13(21)9-22-10(2)20)12(14(15)16)8-18-11-5-4-6-17-7-11/h4-8,16,18H,3,9H2,1-2H3/p+1. The molecule has 0 saturated carbocycles. The lowest BCUT2D eigenvalue weighted by molar-refractivity contribution is -0.497. The summed E-state index contributed by atoms with van der Waals surface area (Å²) >= 11 is 6.74. The summed E-state index contributed by atoms with van der Waals surface area (Å²) in [6.07, 6.45) is 4.92. The van der Waals surface area contributed by atoms with E-state index in [1.54, 1.807) is 36.9 Å². The van der Waals surface area contributed by atoms with E-state index < -0.39 is 0 Å². The molecule has 1 aromatic rings. The molecule has 0 aliphatic rings. The Bertz CT molecular complexity index is 577. The molecule has 0 atom stereocenters. The lowest BCUT2D eigenvalue weighted by Gasteiger charge is -2.21. The zero-order chi connectivity index (χ0) is 16.5. The largest absolute Gasteiger partial charge is 0.305 e. The Kier molecular flexibility index (Phi) is 7.79. The summed E-state index contributed by atoms with van der Waals surface area (Å²) in [6, 6.07) is 3.64. The van der Waals surface area contributed by atoms with Crippen molar-refractivity contribution in [2.75, 3.05) is 12.3 Å². The first-order valence-corrected chi connectivity index (χ1v) is 7.95. The summed E-state index contributed by atoms with van der Waals surface area (Å²) < 4.78 is 0. The number of hydrogen-bond acceptors (Lipinski definition) is 5. The molecule has 118 valence electrons. The van der Waals surface area contributed by atoms with Crippen LogP contribution in [-0.2, 0) is 9.59 Å². The molecule has 6 nitrogen and oxygen atoms in total. The summed E-state index contributed by atoms with van der Waals surface area (Å²) in [5.41, 5.74) is 1.13. The minimum atomic E-state index is -0.265. The van der Waals surface area contributed by atoms with Crippen molar-refractivity contribution in [2.45, 2.75) is 13.8 Å². The molecule has 0 radical (unpaired) electrons. The molecule has 0 saturated heterocycles. The first kappa shape index (κ1) is 18.3. The van der Waals surface area contributed by atoms with Crippen LogP contribution in [0.15, 0.2) is 36.4 Å². The Morgan fingerprint density at radius 1 is 1.55 bits per heavy atom. The highest BCUT2D eigenvalue weighted by Crippen LogP contribution is 2.11. The summed E-state index contributed by atoms with van der Waals surface area (Å²) in [5, 5.41) is 9.02. The van der Waals surface area contributed by atoms with Gasteiger partial charge in [0.15, 0.2) is 10.8 Å². The van der Waals surface area contributed by atoms with Gasteiger partial charge >= 0.3 is 0 Å². The highest BCUT2D eigenvalue weighted by Gasteiger charge is 2.21. The summed E-state index contributed by atoms with van der Waals surface area (Å²) in [4.78, 5) is 28.5. The van der Waals surface area contributed by atoms with Crippen molar-refractivity contribution in [3.05, 3.63) is 36.4 Å². The number of carbonyl (C=O) groups is 2. The van der Waals surface area contributed by atoms with Gasteiger partial charge in [0, 0.05) is 25.7 Å². The van der Waals surface area contributed by atoms with Gasteiger partial charge in [-0.05, 0) is 13.0 Å². The summed E-state index contributed by atoms with van der Waals surface area (Å²) in [5.74, 6) is -0.240. The summed E-state index contributed by atoms with van der Waals surface area (Å²) in [7, 11) is 0. The molecule has 3 N–H and O–H groups in total. The Morgan fingerprint density at radius 2 is 2.27 bits per heavy atom. The van der Waals surface area contributed by atoms with Gasteiger partial charge in [-0.3, -0.25) is 25.3 Å². The maximum atomic E-state index is 12.2. The van der Waals surface area contributed by atoms with Crippen molar-refractivity contribution < 1.29 is 14.9 Å². The molecule has 0 unspecified atom stereocenters. The third kappa shape index (κ3) is 5.97. The number of hydrogen-bond donors (Lipinski definition) is 2. The van der Waals surface area contributed by atoms with Crippen molar-refractivity contribution in [3.8, 4) is 0 Å². The average molecular weight is 342 g/mol. The van der Waals surface area contributed by atoms with Crippen LogP contribution < -0.4 is 5.32 Å². The number of rotatable bonds is 7. The van der Waals surface area contributed by atoms with Gasteiger partial charge < -0.3 is 4.90 Å². The van der Waals surface area contributed by atoms with Gasteiger partial charge in [0.2, 0.25) is 5.91 Å². The third-order valence-electron chi connectivity index (χ3n) is 2.65. The number of nitrogens with two attached hydrogens (primary N) is 1. The number of nitrogens with one attached hydrogen (secondary N) is 1. The van der Waals surface area contributed by atoms with Crippen LogP contribution >= 0.6 is 23.4 Å². The number of nitrogens with zero attached hydrogens (tertiary/aromatic N) is 2. The molecule has 0 aliphatic heterocycles. The van der Waals surface area contributed by atoms with Gasteiger partial charge in [0.25, 0.3) is 0 Å². The van der Waals surface area contributed by atoms with Crippen LogP contribution in [0.25, 0.3) is 0 Å². The minimum absolute atomic E-state index is 0.0254. The lowest BCUT2D eigenvalue weighted by Crippen LogP contribution is -2.72. The number of carbonyl (C=O) groups excluding carboxylic acids is 2. The van der Waals surface area contributed by atoms with E-state index in [0.29, 0.717) is 12.2 Å². The number of pyridine rings is 1. The van der Waals surface area contributed by atoms with E-state index in [4.69, 9.17) is 17.0 Å².